The van der Waals surface area contributed by atoms with E-state index in [1.165, 1.54) is 16.7 Å². The van der Waals surface area contributed by atoms with Gasteiger partial charge < -0.3 is 15.3 Å². The summed E-state index contributed by atoms with van der Waals surface area (Å²) in [6, 6.07) is 19.4. The van der Waals surface area contributed by atoms with Gasteiger partial charge in [0.2, 0.25) is 0 Å². The van der Waals surface area contributed by atoms with Crippen LogP contribution in [-0.4, -0.2) is 15.3 Å². The first-order valence-electron chi connectivity index (χ1n) is 13.0. The second-order valence-corrected chi connectivity index (χ2v) is 19.0. The molecule has 3 N–H and O–H groups in total. The Morgan fingerprint density at radius 3 is 0.643 bits per heavy atom. The maximum Gasteiger partial charge on any atom is 0.142 e. The summed E-state index contributed by atoms with van der Waals surface area (Å²) < 4.78 is 5.01. The summed E-state index contributed by atoms with van der Waals surface area (Å²) in [6.45, 7) is 13.5. The van der Waals surface area contributed by atoms with Gasteiger partial charge in [-0.1, -0.05) is 59.7 Å². The fraction of sp³-hybridized carbons (Fsp3) is 0.273. The van der Waals surface area contributed by atoms with E-state index in [9.17, 15) is 15.3 Å². The highest BCUT2D eigenvalue weighted by Gasteiger charge is 2.34. The minimum Gasteiger partial charge on any atom is -0.506 e. The molecule has 0 fully saturated rings. The van der Waals surface area contributed by atoms with Gasteiger partial charge in [0.25, 0.3) is 0 Å². The summed E-state index contributed by atoms with van der Waals surface area (Å²) in [5.41, 5.74) is 5.86. The molecule has 42 heavy (non-hydrogen) atoms. The standard InChI is InChI=1S/C33H30I6O3/c1-31(2,19-10-22(34)28(40)23(35)11-19)16-7-17(32(3,4)20-12-24(36)29(41)25(37)13-20)9-18(8-16)33(5,6)21-14-26(38)30(42)27(39)15-21/h7-15,40-42H,1-6H3. The second-order valence-electron chi connectivity index (χ2n) is 12.0. The Labute approximate surface area is 330 Å². The van der Waals surface area contributed by atoms with E-state index in [4.69, 9.17) is 0 Å². The fourth-order valence-corrected chi connectivity index (χ4v) is 10.3. The van der Waals surface area contributed by atoms with Crippen LogP contribution in [0.1, 0.15) is 74.9 Å². The van der Waals surface area contributed by atoms with Crippen LogP contribution in [0.3, 0.4) is 0 Å². The van der Waals surface area contributed by atoms with Crippen molar-refractivity contribution in [2.45, 2.75) is 57.8 Å². The third-order valence-electron chi connectivity index (χ3n) is 8.31. The lowest BCUT2D eigenvalue weighted by Gasteiger charge is -2.35. The maximum absolute atomic E-state index is 10.5. The molecule has 0 aliphatic carbocycles. The Morgan fingerprint density at radius 2 is 0.476 bits per heavy atom. The molecule has 4 aromatic carbocycles. The smallest absolute Gasteiger partial charge is 0.142 e. The van der Waals surface area contributed by atoms with Crippen molar-refractivity contribution in [3.63, 3.8) is 0 Å². The highest BCUT2D eigenvalue weighted by molar-refractivity contribution is 14.1. The van der Waals surface area contributed by atoms with Crippen LogP contribution in [0.4, 0.5) is 0 Å². The average Bonchev–Trinajstić information content (AvgIpc) is 2.91. The van der Waals surface area contributed by atoms with E-state index in [-0.39, 0.29) is 16.2 Å². The van der Waals surface area contributed by atoms with Crippen molar-refractivity contribution >= 4 is 136 Å². The topological polar surface area (TPSA) is 60.7 Å². The van der Waals surface area contributed by atoms with Crippen molar-refractivity contribution < 1.29 is 15.3 Å². The Balaban J connectivity index is 2.02. The van der Waals surface area contributed by atoms with Crippen LogP contribution in [0, 0.1) is 21.4 Å². The van der Waals surface area contributed by atoms with Crippen LogP contribution in [0.5, 0.6) is 17.2 Å². The molecule has 0 amide bonds. The van der Waals surface area contributed by atoms with E-state index in [0.29, 0.717) is 17.2 Å². The summed E-state index contributed by atoms with van der Waals surface area (Å²) in [7, 11) is 0. The first-order valence-corrected chi connectivity index (χ1v) is 19.5. The Morgan fingerprint density at radius 1 is 0.333 bits per heavy atom. The number of phenols is 3. The van der Waals surface area contributed by atoms with Gasteiger partial charge in [-0.25, -0.2) is 0 Å². The number of benzene rings is 4. The summed E-state index contributed by atoms with van der Waals surface area (Å²) in [5.74, 6) is 0.960. The van der Waals surface area contributed by atoms with Crippen molar-refractivity contribution in [2.75, 3.05) is 0 Å². The van der Waals surface area contributed by atoms with Gasteiger partial charge in [-0.05, 0) is 205 Å². The lowest BCUT2D eigenvalue weighted by Crippen LogP contribution is -2.27. The predicted octanol–water partition coefficient (Wildman–Crippen LogP) is 11.4. The van der Waals surface area contributed by atoms with Crippen molar-refractivity contribution in [3.05, 3.63) is 109 Å². The van der Waals surface area contributed by atoms with Crippen LogP contribution in [-0.2, 0) is 16.2 Å². The molecular weight excluding hydrogens is 1210 g/mol. The average molecular weight is 1240 g/mol. The molecule has 0 spiro atoms. The molecule has 0 bridgehead atoms. The number of hydrogen-bond donors (Lipinski definition) is 3. The molecule has 0 radical (unpaired) electrons. The number of halogens is 6. The van der Waals surface area contributed by atoms with Gasteiger partial charge in [-0.2, -0.15) is 0 Å². The zero-order valence-corrected chi connectivity index (χ0v) is 36.8. The normalized spacial score (nSPS) is 12.6. The molecular formula is C33H30I6O3. The summed E-state index contributed by atoms with van der Waals surface area (Å²) in [5, 5.41) is 31.5. The molecule has 0 aliphatic heterocycles. The van der Waals surface area contributed by atoms with Gasteiger partial charge in [0.1, 0.15) is 17.2 Å². The molecule has 9 heteroatoms. The molecule has 222 valence electrons. The number of phenolic OH excluding ortho intramolecular Hbond substituents is 3. The van der Waals surface area contributed by atoms with Crippen LogP contribution in [0.2, 0.25) is 0 Å². The van der Waals surface area contributed by atoms with Crippen molar-refractivity contribution in [2.24, 2.45) is 0 Å². The summed E-state index contributed by atoms with van der Waals surface area (Å²) in [4.78, 5) is 0. The molecule has 4 aromatic rings. The molecule has 4 rings (SSSR count). The zero-order valence-electron chi connectivity index (χ0n) is 23.8. The van der Waals surface area contributed by atoms with Gasteiger partial charge in [0, 0.05) is 16.2 Å². The Hall–Kier alpha value is 0.660. The number of hydrogen-bond acceptors (Lipinski definition) is 3. The highest BCUT2D eigenvalue weighted by atomic mass is 127. The van der Waals surface area contributed by atoms with Crippen LogP contribution in [0.25, 0.3) is 0 Å². The molecule has 0 unspecified atom stereocenters. The van der Waals surface area contributed by atoms with Gasteiger partial charge in [-0.15, -0.1) is 0 Å². The minimum atomic E-state index is -0.361. The monoisotopic (exact) mass is 1240 g/mol. The molecule has 0 aliphatic rings. The van der Waals surface area contributed by atoms with Gasteiger partial charge in [0.15, 0.2) is 0 Å². The summed E-state index contributed by atoms with van der Waals surface area (Å²) >= 11 is 13.2. The van der Waals surface area contributed by atoms with E-state index in [1.54, 1.807) is 0 Å². The second kappa shape index (κ2) is 13.0. The molecule has 0 heterocycles. The SMILES string of the molecule is CC(C)(c1cc(C(C)(C)c2cc(I)c(O)c(I)c2)cc(C(C)(C)c2cc(I)c(O)c(I)c2)c1)c1cc(I)c(O)c(I)c1. The van der Waals surface area contributed by atoms with Crippen LogP contribution >= 0.6 is 136 Å². The van der Waals surface area contributed by atoms with Crippen LogP contribution in [0.15, 0.2) is 54.6 Å². The summed E-state index contributed by atoms with van der Waals surface area (Å²) in [6.07, 6.45) is 0. The van der Waals surface area contributed by atoms with E-state index in [1.807, 2.05) is 0 Å². The molecule has 0 saturated heterocycles. The van der Waals surface area contributed by atoms with E-state index < -0.39 is 0 Å². The highest BCUT2D eigenvalue weighted by Crippen LogP contribution is 2.45. The van der Waals surface area contributed by atoms with Crippen LogP contribution < -0.4 is 0 Å². The lowest BCUT2D eigenvalue weighted by atomic mass is 9.69. The third kappa shape index (κ3) is 6.85. The Bertz CT molecular complexity index is 1430. The maximum atomic E-state index is 10.5. The molecule has 0 atom stereocenters. The first-order chi connectivity index (χ1) is 19.3. The zero-order chi connectivity index (χ0) is 31.5. The van der Waals surface area contributed by atoms with E-state index in [2.05, 4.69) is 232 Å². The van der Waals surface area contributed by atoms with Crippen molar-refractivity contribution in [1.82, 2.24) is 0 Å². The van der Waals surface area contributed by atoms with Crippen molar-refractivity contribution in [3.8, 4) is 17.2 Å². The lowest BCUT2D eigenvalue weighted by molar-refractivity contribution is 0.466. The molecule has 0 aromatic heterocycles. The number of rotatable bonds is 6. The van der Waals surface area contributed by atoms with Gasteiger partial charge in [0.05, 0.1) is 21.4 Å². The first kappa shape index (κ1) is 35.5. The Kier molecular flexibility index (Phi) is 11.0. The van der Waals surface area contributed by atoms with E-state index >= 15 is 0 Å². The molecule has 0 saturated carbocycles. The molecule has 3 nitrogen and oxygen atoms in total. The third-order valence-corrected chi connectivity index (χ3v) is 13.2. The van der Waals surface area contributed by atoms with Crippen molar-refractivity contribution in [1.29, 1.82) is 0 Å². The van der Waals surface area contributed by atoms with E-state index in [0.717, 1.165) is 38.1 Å². The predicted molar refractivity (Wildman–Crippen MR) is 223 cm³/mol. The van der Waals surface area contributed by atoms with Gasteiger partial charge in [-0.3, -0.25) is 0 Å². The largest absolute Gasteiger partial charge is 0.506 e. The number of aromatic hydroxyl groups is 3. The quantitative estimate of drug-likeness (QED) is 0.169. The minimum absolute atomic E-state index is 0.320. The fourth-order valence-electron chi connectivity index (χ4n) is 4.99. The van der Waals surface area contributed by atoms with Gasteiger partial charge >= 0.3 is 0 Å².